The molecule has 0 amide bonds. The van der Waals surface area contributed by atoms with E-state index < -0.39 is 8.07 Å². The van der Waals surface area contributed by atoms with Gasteiger partial charge >= 0.3 is 0 Å². The van der Waals surface area contributed by atoms with Crippen molar-refractivity contribution in [1.82, 2.24) is 0 Å². The molecule has 0 aliphatic rings. The fourth-order valence-electron chi connectivity index (χ4n) is 1.75. The van der Waals surface area contributed by atoms with Gasteiger partial charge in [0, 0.05) is 17.8 Å². The lowest BCUT2D eigenvalue weighted by Gasteiger charge is -2.13. The number of hydrogen-bond donors (Lipinski definition) is 0. The van der Waals surface area contributed by atoms with Gasteiger partial charge in [-0.15, -0.1) is 11.3 Å². The van der Waals surface area contributed by atoms with Crippen molar-refractivity contribution in [3.63, 3.8) is 0 Å². The third-order valence-corrected chi connectivity index (χ3v) is 5.26. The zero-order valence-electron chi connectivity index (χ0n) is 10.2. The van der Waals surface area contributed by atoms with E-state index in [1.54, 1.807) is 0 Å². The van der Waals surface area contributed by atoms with Gasteiger partial charge in [-0.3, -0.25) is 0 Å². The Hall–Kier alpha value is -0.863. The van der Waals surface area contributed by atoms with Crippen LogP contribution in [0.2, 0.25) is 19.6 Å². The molecule has 1 aromatic heterocycles. The van der Waals surface area contributed by atoms with Crippen LogP contribution < -0.4 is 0 Å². The fraction of sp³-hybridized carbons (Fsp3) is 0.286. The molecule has 0 spiro atoms. The molecule has 0 saturated carbocycles. The van der Waals surface area contributed by atoms with Crippen molar-refractivity contribution in [2.24, 2.45) is 0 Å². The maximum atomic E-state index is 2.43. The molecule has 2 rings (SSSR count). The van der Waals surface area contributed by atoms with E-state index in [4.69, 9.17) is 0 Å². The Morgan fingerprint density at radius 1 is 0.938 bits per heavy atom. The minimum atomic E-state index is -0.975. The van der Waals surface area contributed by atoms with Gasteiger partial charge < -0.3 is 0 Å². The van der Waals surface area contributed by atoms with Crippen molar-refractivity contribution >= 4 is 19.4 Å². The molecule has 0 radical (unpaired) electrons. The molecule has 0 N–H and O–H groups in total. The predicted octanol–water partition coefficient (Wildman–Crippen LogP) is 4.84. The van der Waals surface area contributed by atoms with Crippen molar-refractivity contribution in [3.8, 4) is 10.4 Å². The van der Waals surface area contributed by atoms with E-state index in [9.17, 15) is 0 Å². The normalized spacial score (nSPS) is 11.7. The second-order valence-corrected chi connectivity index (χ2v) is 12.0. The molecule has 0 aliphatic carbocycles. The standard InChI is InChI=1S/C14H18SSi/c1-16(2,3)11-13-9-10-14(15-13)12-7-5-4-6-8-12/h4-10H,11H2,1-3H3. The Bertz CT molecular complexity index is 451. The van der Waals surface area contributed by atoms with Gasteiger partial charge in [-0.1, -0.05) is 50.0 Å². The summed E-state index contributed by atoms with van der Waals surface area (Å²) in [7, 11) is -0.975. The highest BCUT2D eigenvalue weighted by atomic mass is 32.1. The second-order valence-electron chi connectivity index (χ2n) is 5.37. The van der Waals surface area contributed by atoms with Gasteiger partial charge in [0.15, 0.2) is 0 Å². The first-order chi connectivity index (χ1) is 7.54. The first kappa shape index (κ1) is 11.6. The van der Waals surface area contributed by atoms with Crippen molar-refractivity contribution in [1.29, 1.82) is 0 Å². The van der Waals surface area contributed by atoms with Crippen LogP contribution in [-0.2, 0) is 6.04 Å². The molecule has 2 aromatic rings. The summed E-state index contributed by atoms with van der Waals surface area (Å²) in [6.07, 6.45) is 0. The van der Waals surface area contributed by atoms with Gasteiger partial charge in [0.1, 0.15) is 0 Å². The van der Waals surface area contributed by atoms with Crippen LogP contribution in [0.25, 0.3) is 10.4 Å². The molecule has 1 heterocycles. The molecule has 0 fully saturated rings. The number of thiophene rings is 1. The van der Waals surface area contributed by atoms with Crippen LogP contribution in [0.3, 0.4) is 0 Å². The summed E-state index contributed by atoms with van der Waals surface area (Å²) in [5, 5.41) is 0. The van der Waals surface area contributed by atoms with Crippen LogP contribution in [0, 0.1) is 0 Å². The van der Waals surface area contributed by atoms with Crippen LogP contribution in [-0.4, -0.2) is 8.07 Å². The Morgan fingerprint density at radius 3 is 2.25 bits per heavy atom. The number of rotatable bonds is 3. The van der Waals surface area contributed by atoms with Crippen molar-refractivity contribution in [3.05, 3.63) is 47.3 Å². The van der Waals surface area contributed by atoms with E-state index in [2.05, 4.69) is 62.1 Å². The summed E-state index contributed by atoms with van der Waals surface area (Å²) >= 11 is 1.95. The highest BCUT2D eigenvalue weighted by Gasteiger charge is 2.15. The molecule has 16 heavy (non-hydrogen) atoms. The number of benzene rings is 1. The van der Waals surface area contributed by atoms with E-state index in [-0.39, 0.29) is 0 Å². The van der Waals surface area contributed by atoms with Gasteiger partial charge in [0.2, 0.25) is 0 Å². The summed E-state index contributed by atoms with van der Waals surface area (Å²) < 4.78 is 0. The molecule has 0 saturated heterocycles. The molecular weight excluding hydrogens is 228 g/mol. The average molecular weight is 246 g/mol. The van der Waals surface area contributed by atoms with Gasteiger partial charge in [0.05, 0.1) is 0 Å². The first-order valence-corrected chi connectivity index (χ1v) is 10.2. The molecule has 0 unspecified atom stereocenters. The second kappa shape index (κ2) is 4.56. The van der Waals surface area contributed by atoms with E-state index in [1.807, 2.05) is 11.3 Å². The summed E-state index contributed by atoms with van der Waals surface area (Å²) in [6, 6.07) is 16.5. The van der Waals surface area contributed by atoms with Crippen LogP contribution in [0.5, 0.6) is 0 Å². The van der Waals surface area contributed by atoms with Gasteiger partial charge in [-0.05, 0) is 23.7 Å². The van der Waals surface area contributed by atoms with Crippen LogP contribution in [0.15, 0.2) is 42.5 Å². The Labute approximate surface area is 103 Å². The third-order valence-electron chi connectivity index (χ3n) is 2.42. The van der Waals surface area contributed by atoms with Crippen molar-refractivity contribution in [2.45, 2.75) is 25.7 Å². The third kappa shape index (κ3) is 3.06. The van der Waals surface area contributed by atoms with E-state index in [0.717, 1.165) is 0 Å². The summed E-state index contributed by atoms with van der Waals surface area (Å²) in [6.45, 7) is 7.28. The zero-order valence-corrected chi connectivity index (χ0v) is 12.0. The predicted molar refractivity (Wildman–Crippen MR) is 76.8 cm³/mol. The molecule has 0 nitrogen and oxygen atoms in total. The maximum Gasteiger partial charge on any atom is 0.0497 e. The Morgan fingerprint density at radius 2 is 1.62 bits per heavy atom. The molecule has 0 bridgehead atoms. The lowest BCUT2D eigenvalue weighted by Crippen LogP contribution is -2.23. The fourth-order valence-corrected chi connectivity index (χ4v) is 5.31. The largest absolute Gasteiger partial charge is 0.141 e. The van der Waals surface area contributed by atoms with E-state index >= 15 is 0 Å². The summed E-state index contributed by atoms with van der Waals surface area (Å²) in [4.78, 5) is 2.94. The molecule has 2 heteroatoms. The van der Waals surface area contributed by atoms with Gasteiger partial charge in [-0.25, -0.2) is 0 Å². The van der Waals surface area contributed by atoms with E-state index in [0.29, 0.717) is 0 Å². The van der Waals surface area contributed by atoms with Crippen LogP contribution in [0.1, 0.15) is 4.88 Å². The van der Waals surface area contributed by atoms with Crippen molar-refractivity contribution in [2.75, 3.05) is 0 Å². The zero-order chi connectivity index (χ0) is 11.6. The minimum absolute atomic E-state index is 0.975. The topological polar surface area (TPSA) is 0 Å². The number of hydrogen-bond acceptors (Lipinski definition) is 1. The molecule has 0 aliphatic heterocycles. The Balaban J connectivity index is 2.21. The van der Waals surface area contributed by atoms with Crippen molar-refractivity contribution < 1.29 is 0 Å². The van der Waals surface area contributed by atoms with Gasteiger partial charge in [0.25, 0.3) is 0 Å². The summed E-state index contributed by atoms with van der Waals surface area (Å²) in [5.41, 5.74) is 1.34. The van der Waals surface area contributed by atoms with Crippen LogP contribution in [0.4, 0.5) is 0 Å². The minimum Gasteiger partial charge on any atom is -0.141 e. The molecule has 0 atom stereocenters. The molecule has 1 aromatic carbocycles. The summed E-state index contributed by atoms with van der Waals surface area (Å²) in [5.74, 6) is 0. The lowest BCUT2D eigenvalue weighted by atomic mass is 10.2. The highest BCUT2D eigenvalue weighted by molar-refractivity contribution is 7.16. The Kier molecular flexibility index (Phi) is 3.31. The molecular formula is C14H18SSi. The first-order valence-electron chi connectivity index (χ1n) is 5.69. The lowest BCUT2D eigenvalue weighted by molar-refractivity contribution is 1.38. The van der Waals surface area contributed by atoms with Gasteiger partial charge in [-0.2, -0.15) is 0 Å². The average Bonchev–Trinajstić information content (AvgIpc) is 2.65. The smallest absolute Gasteiger partial charge is 0.0497 e. The van der Waals surface area contributed by atoms with Crippen LogP contribution >= 0.6 is 11.3 Å². The highest BCUT2D eigenvalue weighted by Crippen LogP contribution is 2.29. The monoisotopic (exact) mass is 246 g/mol. The molecule has 84 valence electrons. The SMILES string of the molecule is C[Si](C)(C)Cc1ccc(-c2ccccc2)s1. The van der Waals surface area contributed by atoms with E-state index in [1.165, 1.54) is 21.4 Å². The maximum absolute atomic E-state index is 2.43. The quantitative estimate of drug-likeness (QED) is 0.680.